The summed E-state index contributed by atoms with van der Waals surface area (Å²) >= 11 is 11.6. The average molecular weight is 298 g/mol. The average Bonchev–Trinajstić information content (AvgIpc) is 2.39. The van der Waals surface area contributed by atoms with Crippen LogP contribution in [0.25, 0.3) is 0 Å². The van der Waals surface area contributed by atoms with Gasteiger partial charge in [0, 0.05) is 22.7 Å². The minimum Gasteiger partial charge on any atom is -0.457 e. The molecule has 0 spiro atoms. The van der Waals surface area contributed by atoms with Crippen LogP contribution in [-0.2, 0) is 5.88 Å². The van der Waals surface area contributed by atoms with E-state index >= 15 is 0 Å². The van der Waals surface area contributed by atoms with Crippen molar-refractivity contribution >= 4 is 28.9 Å². The number of non-ortho nitro benzene ring substituents is 1. The number of hydrogen-bond donors (Lipinski definition) is 0. The molecule has 0 saturated heterocycles. The maximum Gasteiger partial charge on any atom is 0.270 e. The standard InChI is InChI=1S/C13H9Cl2NO3/c14-8-9-6-11(16(17)18)4-5-13(9)19-12-3-1-2-10(15)7-12/h1-7H,8H2. The smallest absolute Gasteiger partial charge is 0.270 e. The van der Waals surface area contributed by atoms with Gasteiger partial charge in [-0.2, -0.15) is 0 Å². The lowest BCUT2D eigenvalue weighted by Gasteiger charge is -2.09. The van der Waals surface area contributed by atoms with Gasteiger partial charge in [0.2, 0.25) is 0 Å². The van der Waals surface area contributed by atoms with Crippen molar-refractivity contribution in [3.63, 3.8) is 0 Å². The van der Waals surface area contributed by atoms with Crippen molar-refractivity contribution in [1.82, 2.24) is 0 Å². The van der Waals surface area contributed by atoms with Gasteiger partial charge in [-0.05, 0) is 24.3 Å². The minimum atomic E-state index is -0.473. The number of ether oxygens (including phenoxy) is 1. The number of halogens is 2. The number of rotatable bonds is 4. The van der Waals surface area contributed by atoms with Gasteiger partial charge in [0.1, 0.15) is 11.5 Å². The molecule has 0 atom stereocenters. The fraction of sp³-hybridized carbons (Fsp3) is 0.0769. The molecule has 0 aliphatic rings. The summed E-state index contributed by atoms with van der Waals surface area (Å²) in [5, 5.41) is 11.2. The Bertz CT molecular complexity index is 617. The minimum absolute atomic E-state index is 0.0194. The molecular formula is C13H9Cl2NO3. The third-order valence-corrected chi connectivity index (χ3v) is 2.95. The fourth-order valence-electron chi connectivity index (χ4n) is 1.54. The maximum absolute atomic E-state index is 10.7. The normalized spacial score (nSPS) is 10.2. The van der Waals surface area contributed by atoms with E-state index in [0.29, 0.717) is 22.1 Å². The molecule has 0 radical (unpaired) electrons. The molecule has 0 amide bonds. The van der Waals surface area contributed by atoms with Crippen LogP contribution in [0.4, 0.5) is 5.69 Å². The highest BCUT2D eigenvalue weighted by atomic mass is 35.5. The van der Waals surface area contributed by atoms with E-state index < -0.39 is 4.92 Å². The van der Waals surface area contributed by atoms with Crippen molar-refractivity contribution in [2.75, 3.05) is 0 Å². The van der Waals surface area contributed by atoms with Crippen molar-refractivity contribution in [3.8, 4) is 11.5 Å². The largest absolute Gasteiger partial charge is 0.457 e. The molecule has 19 heavy (non-hydrogen) atoms. The van der Waals surface area contributed by atoms with E-state index in [1.807, 2.05) is 0 Å². The van der Waals surface area contributed by atoms with Crippen LogP contribution in [0.2, 0.25) is 5.02 Å². The van der Waals surface area contributed by atoms with Gasteiger partial charge in [0.25, 0.3) is 5.69 Å². The first-order chi connectivity index (χ1) is 9.10. The van der Waals surface area contributed by atoms with Crippen LogP contribution >= 0.6 is 23.2 Å². The van der Waals surface area contributed by atoms with Crippen molar-refractivity contribution in [1.29, 1.82) is 0 Å². The lowest BCUT2D eigenvalue weighted by Crippen LogP contribution is -1.93. The predicted molar refractivity (Wildman–Crippen MR) is 74.2 cm³/mol. The second-order valence-electron chi connectivity index (χ2n) is 3.74. The predicted octanol–water partition coefficient (Wildman–Crippen LogP) is 4.78. The first-order valence-corrected chi connectivity index (χ1v) is 6.28. The summed E-state index contributed by atoms with van der Waals surface area (Å²) in [4.78, 5) is 10.2. The van der Waals surface area contributed by atoms with Crippen LogP contribution in [0.1, 0.15) is 5.56 Å². The topological polar surface area (TPSA) is 52.4 Å². The van der Waals surface area contributed by atoms with E-state index in [1.165, 1.54) is 18.2 Å². The number of nitro benzene ring substituents is 1. The summed E-state index contributed by atoms with van der Waals surface area (Å²) in [7, 11) is 0. The van der Waals surface area contributed by atoms with Gasteiger partial charge in [0.15, 0.2) is 0 Å². The molecule has 0 heterocycles. The van der Waals surface area contributed by atoms with Crippen molar-refractivity contribution in [2.45, 2.75) is 5.88 Å². The maximum atomic E-state index is 10.7. The van der Waals surface area contributed by atoms with Crippen LogP contribution in [0.15, 0.2) is 42.5 Å². The Labute approximate surface area is 119 Å². The Hall–Kier alpha value is -1.78. The molecule has 0 N–H and O–H groups in total. The van der Waals surface area contributed by atoms with Crippen LogP contribution in [-0.4, -0.2) is 4.92 Å². The second-order valence-corrected chi connectivity index (χ2v) is 4.45. The highest BCUT2D eigenvalue weighted by Crippen LogP contribution is 2.30. The van der Waals surface area contributed by atoms with Gasteiger partial charge in [0.05, 0.1) is 10.8 Å². The number of nitro groups is 1. The monoisotopic (exact) mass is 297 g/mol. The Kier molecular flexibility index (Phi) is 4.24. The number of hydrogen-bond acceptors (Lipinski definition) is 3. The molecule has 0 aliphatic carbocycles. The Morgan fingerprint density at radius 2 is 2.00 bits per heavy atom. The van der Waals surface area contributed by atoms with Crippen molar-refractivity contribution in [2.24, 2.45) is 0 Å². The van der Waals surface area contributed by atoms with E-state index in [4.69, 9.17) is 27.9 Å². The van der Waals surface area contributed by atoms with Crippen molar-refractivity contribution in [3.05, 3.63) is 63.2 Å². The fourth-order valence-corrected chi connectivity index (χ4v) is 1.93. The van der Waals surface area contributed by atoms with Crippen molar-refractivity contribution < 1.29 is 9.66 Å². The first-order valence-electron chi connectivity index (χ1n) is 5.37. The molecule has 4 nitrogen and oxygen atoms in total. The SMILES string of the molecule is O=[N+]([O-])c1ccc(Oc2cccc(Cl)c2)c(CCl)c1. The summed E-state index contributed by atoms with van der Waals surface area (Å²) in [6.45, 7) is 0. The summed E-state index contributed by atoms with van der Waals surface area (Å²) in [5.41, 5.74) is 0.532. The van der Waals surface area contributed by atoms with Crippen LogP contribution in [0.5, 0.6) is 11.5 Å². The van der Waals surface area contributed by atoms with E-state index in [1.54, 1.807) is 24.3 Å². The third kappa shape index (κ3) is 3.36. The molecule has 0 aromatic heterocycles. The Balaban J connectivity index is 2.32. The van der Waals surface area contributed by atoms with Gasteiger partial charge in [-0.25, -0.2) is 0 Å². The molecule has 0 saturated carbocycles. The first kappa shape index (κ1) is 13.6. The zero-order valence-corrected chi connectivity index (χ0v) is 11.2. The summed E-state index contributed by atoms with van der Waals surface area (Å²) < 4.78 is 5.62. The number of benzene rings is 2. The zero-order chi connectivity index (χ0) is 13.8. The molecule has 0 fully saturated rings. The molecule has 2 aromatic rings. The van der Waals surface area contributed by atoms with Crippen LogP contribution in [0.3, 0.4) is 0 Å². The second kappa shape index (κ2) is 5.91. The van der Waals surface area contributed by atoms with Gasteiger partial charge in [-0.3, -0.25) is 10.1 Å². The van der Waals surface area contributed by atoms with Gasteiger partial charge < -0.3 is 4.74 Å². The summed E-state index contributed by atoms with van der Waals surface area (Å²) in [5.74, 6) is 1.15. The lowest BCUT2D eigenvalue weighted by molar-refractivity contribution is -0.384. The highest BCUT2D eigenvalue weighted by Gasteiger charge is 2.11. The number of alkyl halides is 1. The number of nitrogens with zero attached hydrogens (tertiary/aromatic N) is 1. The highest BCUT2D eigenvalue weighted by molar-refractivity contribution is 6.30. The van der Waals surface area contributed by atoms with Gasteiger partial charge in [-0.1, -0.05) is 17.7 Å². The molecule has 6 heteroatoms. The van der Waals surface area contributed by atoms with Crippen LogP contribution < -0.4 is 4.74 Å². The molecule has 2 rings (SSSR count). The third-order valence-electron chi connectivity index (χ3n) is 2.42. The Morgan fingerprint density at radius 1 is 1.21 bits per heavy atom. The molecular weight excluding hydrogens is 289 g/mol. The van der Waals surface area contributed by atoms with E-state index in [-0.39, 0.29) is 11.6 Å². The van der Waals surface area contributed by atoms with E-state index in [2.05, 4.69) is 0 Å². The lowest BCUT2D eigenvalue weighted by atomic mass is 10.2. The molecule has 2 aromatic carbocycles. The summed E-state index contributed by atoms with van der Waals surface area (Å²) in [6.07, 6.45) is 0. The Morgan fingerprint density at radius 3 is 2.63 bits per heavy atom. The van der Waals surface area contributed by atoms with E-state index in [9.17, 15) is 10.1 Å². The quantitative estimate of drug-likeness (QED) is 0.463. The molecule has 0 aliphatic heterocycles. The zero-order valence-electron chi connectivity index (χ0n) is 9.68. The van der Waals surface area contributed by atoms with Gasteiger partial charge in [-0.15, -0.1) is 11.6 Å². The van der Waals surface area contributed by atoms with Crippen LogP contribution in [0, 0.1) is 10.1 Å². The summed E-state index contributed by atoms with van der Waals surface area (Å²) in [6, 6.07) is 11.2. The molecule has 0 unspecified atom stereocenters. The molecule has 0 bridgehead atoms. The van der Waals surface area contributed by atoms with Gasteiger partial charge >= 0.3 is 0 Å². The van der Waals surface area contributed by atoms with E-state index in [0.717, 1.165) is 0 Å². The molecule has 98 valence electrons.